The van der Waals surface area contributed by atoms with Gasteiger partial charge in [-0.25, -0.2) is 4.98 Å². The lowest BCUT2D eigenvalue weighted by molar-refractivity contribution is 0.0549. The molecule has 0 aliphatic carbocycles. The Morgan fingerprint density at radius 1 is 1.55 bits per heavy atom. The lowest BCUT2D eigenvalue weighted by Gasteiger charge is -2.24. The second kappa shape index (κ2) is 6.31. The first-order valence-corrected chi connectivity index (χ1v) is 7.59. The Kier molecular flexibility index (Phi) is 4.24. The van der Waals surface area contributed by atoms with Crippen LogP contribution in [0.1, 0.15) is 41.1 Å². The molecule has 7 heteroatoms. The van der Waals surface area contributed by atoms with E-state index >= 15 is 0 Å². The van der Waals surface area contributed by atoms with Crippen LogP contribution in [0.4, 0.5) is 0 Å². The third kappa shape index (κ3) is 2.76. The molecule has 0 aromatic carbocycles. The van der Waals surface area contributed by atoms with Crippen LogP contribution in [0.3, 0.4) is 0 Å². The smallest absolute Gasteiger partial charge is 0.255 e. The quantitative estimate of drug-likeness (QED) is 0.872. The number of hydrogen-bond donors (Lipinski definition) is 2. The van der Waals surface area contributed by atoms with E-state index < -0.39 is 0 Å². The van der Waals surface area contributed by atoms with Crippen molar-refractivity contribution in [1.82, 2.24) is 25.1 Å². The number of amides is 1. The van der Waals surface area contributed by atoms with Gasteiger partial charge in [-0.2, -0.15) is 5.10 Å². The fourth-order valence-electron chi connectivity index (χ4n) is 2.99. The fourth-order valence-corrected chi connectivity index (χ4v) is 2.99. The number of aromatic amines is 2. The van der Waals surface area contributed by atoms with Gasteiger partial charge in [-0.3, -0.25) is 9.89 Å². The Morgan fingerprint density at radius 3 is 3.14 bits per heavy atom. The van der Waals surface area contributed by atoms with Crippen molar-refractivity contribution >= 4 is 5.91 Å². The number of rotatable bonds is 5. The number of carbonyl (C=O) groups is 1. The average molecular weight is 303 g/mol. The van der Waals surface area contributed by atoms with Crippen molar-refractivity contribution in [2.45, 2.75) is 31.8 Å². The molecule has 0 radical (unpaired) electrons. The number of H-pyrrole nitrogens is 2. The third-order valence-corrected chi connectivity index (χ3v) is 4.21. The number of carbonyl (C=O) groups excluding carboxylic acids is 1. The number of nitrogens with one attached hydrogen (secondary N) is 2. The zero-order valence-electron chi connectivity index (χ0n) is 12.9. The van der Waals surface area contributed by atoms with Crippen LogP contribution in [0.15, 0.2) is 18.6 Å². The SMILES string of the molecule is CCc1[nH]ccc1C(=O)N(C)C[C@H]1OCC[C@H]1c1ncn[nH]1. The maximum Gasteiger partial charge on any atom is 0.255 e. The monoisotopic (exact) mass is 303 g/mol. The molecular weight excluding hydrogens is 282 g/mol. The van der Waals surface area contributed by atoms with Crippen molar-refractivity contribution in [1.29, 1.82) is 0 Å². The van der Waals surface area contributed by atoms with E-state index in [-0.39, 0.29) is 17.9 Å². The normalized spacial score (nSPS) is 21.2. The molecule has 1 saturated heterocycles. The first-order chi connectivity index (χ1) is 10.7. The number of ether oxygens (including phenoxy) is 1. The van der Waals surface area contributed by atoms with Gasteiger partial charge in [0.05, 0.1) is 11.7 Å². The summed E-state index contributed by atoms with van der Waals surface area (Å²) in [6.45, 7) is 3.25. The summed E-state index contributed by atoms with van der Waals surface area (Å²) in [7, 11) is 1.81. The standard InChI is InChI=1S/C15H21N5O2/c1-3-12-10(4-6-16-12)15(21)20(2)8-13-11(5-7-22-13)14-17-9-18-19-14/h4,6,9,11,13,16H,3,5,7-8H2,1-2H3,(H,17,18,19)/t11-,13-/m1/s1. The number of nitrogens with zero attached hydrogens (tertiary/aromatic N) is 3. The van der Waals surface area contributed by atoms with Gasteiger partial charge < -0.3 is 14.6 Å². The van der Waals surface area contributed by atoms with E-state index in [0.717, 1.165) is 29.9 Å². The molecule has 2 aromatic heterocycles. The fraction of sp³-hybridized carbons (Fsp3) is 0.533. The Bertz CT molecular complexity index is 622. The van der Waals surface area contributed by atoms with Crippen molar-refractivity contribution in [3.63, 3.8) is 0 Å². The van der Waals surface area contributed by atoms with Crippen LogP contribution in [0.2, 0.25) is 0 Å². The molecule has 1 aliphatic heterocycles. The highest BCUT2D eigenvalue weighted by atomic mass is 16.5. The first-order valence-electron chi connectivity index (χ1n) is 7.59. The maximum absolute atomic E-state index is 12.6. The van der Waals surface area contributed by atoms with Gasteiger partial charge in [0.25, 0.3) is 5.91 Å². The molecule has 0 bridgehead atoms. The number of aryl methyl sites for hydroxylation is 1. The van der Waals surface area contributed by atoms with Crippen LogP contribution >= 0.6 is 0 Å². The summed E-state index contributed by atoms with van der Waals surface area (Å²) in [6.07, 6.45) is 4.97. The lowest BCUT2D eigenvalue weighted by atomic mass is 10.00. The zero-order valence-corrected chi connectivity index (χ0v) is 12.9. The number of likely N-dealkylation sites (N-methyl/N-ethyl adjacent to an activating group) is 1. The Balaban J connectivity index is 1.68. The van der Waals surface area contributed by atoms with Crippen molar-refractivity contribution in [2.75, 3.05) is 20.2 Å². The van der Waals surface area contributed by atoms with E-state index in [0.29, 0.717) is 13.2 Å². The molecule has 2 aromatic rings. The number of aromatic nitrogens is 4. The number of hydrogen-bond acceptors (Lipinski definition) is 4. The van der Waals surface area contributed by atoms with Crippen molar-refractivity contribution < 1.29 is 9.53 Å². The molecule has 1 aliphatic rings. The molecule has 118 valence electrons. The Morgan fingerprint density at radius 2 is 2.41 bits per heavy atom. The van der Waals surface area contributed by atoms with E-state index in [2.05, 4.69) is 20.2 Å². The molecular formula is C15H21N5O2. The van der Waals surface area contributed by atoms with E-state index in [4.69, 9.17) is 4.74 Å². The van der Waals surface area contributed by atoms with E-state index in [1.807, 2.05) is 26.2 Å². The van der Waals surface area contributed by atoms with Crippen LogP contribution in [-0.2, 0) is 11.2 Å². The maximum atomic E-state index is 12.6. The van der Waals surface area contributed by atoms with Gasteiger partial charge in [0.15, 0.2) is 0 Å². The lowest BCUT2D eigenvalue weighted by Crippen LogP contribution is -2.36. The minimum absolute atomic E-state index is 0.0184. The van der Waals surface area contributed by atoms with Gasteiger partial charge in [-0.05, 0) is 18.9 Å². The molecule has 7 nitrogen and oxygen atoms in total. The molecule has 1 amide bonds. The average Bonchev–Trinajstić information content (AvgIpc) is 3.26. The summed E-state index contributed by atoms with van der Waals surface area (Å²) in [5.41, 5.74) is 1.70. The molecule has 0 spiro atoms. The highest BCUT2D eigenvalue weighted by Gasteiger charge is 2.33. The second-order valence-corrected chi connectivity index (χ2v) is 5.58. The Labute approximate surface area is 129 Å². The predicted molar refractivity (Wildman–Crippen MR) is 80.6 cm³/mol. The Hall–Kier alpha value is -2.15. The van der Waals surface area contributed by atoms with Crippen LogP contribution in [0.5, 0.6) is 0 Å². The molecule has 3 heterocycles. The van der Waals surface area contributed by atoms with Gasteiger partial charge >= 0.3 is 0 Å². The third-order valence-electron chi connectivity index (χ3n) is 4.21. The van der Waals surface area contributed by atoms with Crippen molar-refractivity contribution in [3.05, 3.63) is 35.7 Å². The highest BCUT2D eigenvalue weighted by Crippen LogP contribution is 2.29. The largest absolute Gasteiger partial charge is 0.376 e. The molecule has 3 rings (SSSR count). The first kappa shape index (κ1) is 14.8. The minimum atomic E-state index is -0.0501. The summed E-state index contributed by atoms with van der Waals surface area (Å²) in [5, 5.41) is 6.81. The van der Waals surface area contributed by atoms with Crippen molar-refractivity contribution in [2.24, 2.45) is 0 Å². The van der Waals surface area contributed by atoms with Crippen molar-refractivity contribution in [3.8, 4) is 0 Å². The highest BCUT2D eigenvalue weighted by molar-refractivity contribution is 5.95. The molecule has 0 saturated carbocycles. The molecule has 2 N–H and O–H groups in total. The minimum Gasteiger partial charge on any atom is -0.376 e. The van der Waals surface area contributed by atoms with Gasteiger partial charge in [0.1, 0.15) is 12.2 Å². The summed E-state index contributed by atoms with van der Waals surface area (Å²) in [4.78, 5) is 21.6. The van der Waals surface area contributed by atoms with Gasteiger partial charge in [0.2, 0.25) is 0 Å². The molecule has 22 heavy (non-hydrogen) atoms. The van der Waals surface area contributed by atoms with Crippen LogP contribution in [0.25, 0.3) is 0 Å². The second-order valence-electron chi connectivity index (χ2n) is 5.58. The van der Waals surface area contributed by atoms with Gasteiger partial charge in [0, 0.05) is 38.0 Å². The van der Waals surface area contributed by atoms with Crippen LogP contribution < -0.4 is 0 Å². The summed E-state index contributed by atoms with van der Waals surface area (Å²) < 4.78 is 5.79. The van der Waals surface area contributed by atoms with Gasteiger partial charge in [-0.1, -0.05) is 6.92 Å². The van der Waals surface area contributed by atoms with E-state index in [1.165, 1.54) is 6.33 Å². The van der Waals surface area contributed by atoms with Crippen LogP contribution in [-0.4, -0.2) is 57.3 Å². The summed E-state index contributed by atoms with van der Waals surface area (Å²) >= 11 is 0. The molecule has 2 atom stereocenters. The van der Waals surface area contributed by atoms with Crippen LogP contribution in [0, 0.1) is 0 Å². The van der Waals surface area contributed by atoms with Gasteiger partial charge in [-0.15, -0.1) is 0 Å². The van der Waals surface area contributed by atoms with E-state index in [1.54, 1.807) is 4.90 Å². The predicted octanol–water partition coefficient (Wildman–Crippen LogP) is 1.34. The molecule has 1 fully saturated rings. The zero-order chi connectivity index (χ0) is 15.5. The molecule has 0 unspecified atom stereocenters. The van der Waals surface area contributed by atoms with E-state index in [9.17, 15) is 4.79 Å². The summed E-state index contributed by atoms with van der Waals surface area (Å²) in [6, 6.07) is 1.83. The topological polar surface area (TPSA) is 86.9 Å². The summed E-state index contributed by atoms with van der Waals surface area (Å²) in [5.74, 6) is 1.01.